The normalized spacial score (nSPS) is 10.1. The first-order valence-corrected chi connectivity index (χ1v) is 6.64. The molecule has 1 aromatic rings. The van der Waals surface area contributed by atoms with E-state index in [2.05, 4.69) is 20.7 Å². The minimum atomic E-state index is -0.460. The molecular formula is C12H14BrFN2O2S. The number of anilines is 1. The predicted octanol–water partition coefficient (Wildman–Crippen LogP) is 2.22. The van der Waals surface area contributed by atoms with Crippen molar-refractivity contribution in [1.82, 2.24) is 0 Å². The van der Waals surface area contributed by atoms with Crippen LogP contribution in [0.15, 0.2) is 16.6 Å². The van der Waals surface area contributed by atoms with Gasteiger partial charge in [0.2, 0.25) is 0 Å². The SMILES string of the molecule is COC(=O)CCN(C)c1ccc(C(N)=S)c(Br)c1F. The van der Waals surface area contributed by atoms with Crippen molar-refractivity contribution in [3.8, 4) is 0 Å². The molecule has 4 nitrogen and oxygen atoms in total. The quantitative estimate of drug-likeness (QED) is 0.653. The van der Waals surface area contributed by atoms with Crippen molar-refractivity contribution in [3.05, 3.63) is 28.0 Å². The number of carbonyl (C=O) groups excluding carboxylic acids is 1. The maximum Gasteiger partial charge on any atom is 0.307 e. The van der Waals surface area contributed by atoms with Crippen LogP contribution < -0.4 is 10.6 Å². The lowest BCUT2D eigenvalue weighted by atomic mass is 10.2. The topological polar surface area (TPSA) is 55.6 Å². The molecule has 19 heavy (non-hydrogen) atoms. The van der Waals surface area contributed by atoms with Gasteiger partial charge in [-0.3, -0.25) is 4.79 Å². The first kappa shape index (κ1) is 15.8. The molecule has 0 aliphatic rings. The van der Waals surface area contributed by atoms with Crippen molar-refractivity contribution in [2.75, 3.05) is 25.6 Å². The Kier molecular flexibility index (Phi) is 5.68. The number of rotatable bonds is 5. The van der Waals surface area contributed by atoms with Gasteiger partial charge in [-0.05, 0) is 28.1 Å². The largest absolute Gasteiger partial charge is 0.469 e. The van der Waals surface area contributed by atoms with E-state index >= 15 is 0 Å². The number of hydrogen-bond acceptors (Lipinski definition) is 4. The summed E-state index contributed by atoms with van der Waals surface area (Å²) in [6.45, 7) is 0.350. The number of hydrogen-bond donors (Lipinski definition) is 1. The van der Waals surface area contributed by atoms with E-state index in [-0.39, 0.29) is 21.9 Å². The Labute approximate surface area is 124 Å². The standard InChI is InChI=1S/C12H14BrFN2O2S/c1-16(6-5-9(17)18-2)8-4-3-7(12(15)19)10(13)11(8)14/h3-4H,5-6H2,1-2H3,(H2,15,19). The number of esters is 1. The van der Waals surface area contributed by atoms with Crippen LogP contribution in [0.1, 0.15) is 12.0 Å². The zero-order chi connectivity index (χ0) is 14.6. The number of nitrogens with zero attached hydrogens (tertiary/aromatic N) is 1. The molecule has 0 saturated heterocycles. The molecule has 0 unspecified atom stereocenters. The van der Waals surface area contributed by atoms with Gasteiger partial charge >= 0.3 is 5.97 Å². The summed E-state index contributed by atoms with van der Waals surface area (Å²) in [6, 6.07) is 3.21. The maximum absolute atomic E-state index is 14.2. The molecule has 7 heteroatoms. The number of methoxy groups -OCH3 is 1. The van der Waals surface area contributed by atoms with Gasteiger partial charge in [0.25, 0.3) is 0 Å². The van der Waals surface area contributed by atoms with Crippen LogP contribution in [0.5, 0.6) is 0 Å². The molecule has 1 rings (SSSR count). The van der Waals surface area contributed by atoms with Crippen LogP contribution in [-0.2, 0) is 9.53 Å². The second-order valence-corrected chi connectivity index (χ2v) is 5.10. The van der Waals surface area contributed by atoms with E-state index < -0.39 is 5.82 Å². The minimum absolute atomic E-state index is 0.120. The second kappa shape index (κ2) is 6.81. The third-order valence-corrected chi connectivity index (χ3v) is 3.61. The minimum Gasteiger partial charge on any atom is -0.469 e. The first-order chi connectivity index (χ1) is 8.88. The van der Waals surface area contributed by atoms with Crippen LogP contribution >= 0.6 is 28.1 Å². The number of benzene rings is 1. The molecule has 0 spiro atoms. The number of ether oxygens (including phenoxy) is 1. The van der Waals surface area contributed by atoms with E-state index in [0.29, 0.717) is 17.8 Å². The molecule has 0 fully saturated rings. The summed E-state index contributed by atoms with van der Waals surface area (Å²) >= 11 is 7.96. The lowest BCUT2D eigenvalue weighted by Gasteiger charge is -2.20. The van der Waals surface area contributed by atoms with Crippen molar-refractivity contribution in [2.45, 2.75) is 6.42 Å². The van der Waals surface area contributed by atoms with E-state index in [9.17, 15) is 9.18 Å². The lowest BCUT2D eigenvalue weighted by Crippen LogP contribution is -2.23. The highest BCUT2D eigenvalue weighted by molar-refractivity contribution is 9.10. The van der Waals surface area contributed by atoms with Gasteiger partial charge in [-0.25, -0.2) is 4.39 Å². The van der Waals surface area contributed by atoms with Crippen LogP contribution in [0, 0.1) is 5.82 Å². The molecule has 0 radical (unpaired) electrons. The fourth-order valence-corrected chi connectivity index (χ4v) is 2.36. The molecule has 0 aliphatic carbocycles. The highest BCUT2D eigenvalue weighted by Crippen LogP contribution is 2.29. The average Bonchev–Trinajstić information content (AvgIpc) is 2.38. The summed E-state index contributed by atoms with van der Waals surface area (Å²) in [5.74, 6) is -0.802. The molecule has 0 amide bonds. The summed E-state index contributed by atoms with van der Waals surface area (Å²) < 4.78 is 18.9. The third-order valence-electron chi connectivity index (χ3n) is 2.62. The Bertz CT molecular complexity index is 511. The van der Waals surface area contributed by atoms with Gasteiger partial charge in [0, 0.05) is 19.2 Å². The molecule has 0 bridgehead atoms. The van der Waals surface area contributed by atoms with E-state index in [1.54, 1.807) is 24.1 Å². The molecule has 0 atom stereocenters. The number of nitrogens with two attached hydrogens (primary N) is 1. The van der Waals surface area contributed by atoms with Gasteiger partial charge in [0.05, 0.1) is 23.7 Å². The summed E-state index contributed by atoms with van der Waals surface area (Å²) in [5, 5.41) is 0. The van der Waals surface area contributed by atoms with Gasteiger partial charge < -0.3 is 15.4 Å². The van der Waals surface area contributed by atoms with E-state index in [4.69, 9.17) is 18.0 Å². The van der Waals surface area contributed by atoms with Crippen LogP contribution in [-0.4, -0.2) is 31.7 Å². The van der Waals surface area contributed by atoms with Crippen molar-refractivity contribution < 1.29 is 13.9 Å². The third kappa shape index (κ3) is 3.87. The Balaban J connectivity index is 2.93. The van der Waals surface area contributed by atoms with E-state index in [1.165, 1.54) is 7.11 Å². The molecule has 0 heterocycles. The average molecular weight is 349 g/mol. The van der Waals surface area contributed by atoms with Crippen molar-refractivity contribution in [1.29, 1.82) is 0 Å². The smallest absolute Gasteiger partial charge is 0.307 e. The first-order valence-electron chi connectivity index (χ1n) is 5.44. The lowest BCUT2D eigenvalue weighted by molar-refractivity contribution is -0.140. The zero-order valence-electron chi connectivity index (χ0n) is 10.6. The maximum atomic E-state index is 14.2. The molecular weight excluding hydrogens is 335 g/mol. The number of thiocarbonyl (C=S) groups is 1. The van der Waals surface area contributed by atoms with Crippen LogP contribution in [0.2, 0.25) is 0 Å². The Morgan fingerprint density at radius 2 is 2.21 bits per heavy atom. The zero-order valence-corrected chi connectivity index (χ0v) is 13.0. The molecule has 1 aromatic carbocycles. The second-order valence-electron chi connectivity index (χ2n) is 3.87. The molecule has 2 N–H and O–H groups in total. The fourth-order valence-electron chi connectivity index (χ4n) is 1.51. The van der Waals surface area contributed by atoms with Crippen LogP contribution in [0.25, 0.3) is 0 Å². The number of carbonyl (C=O) groups is 1. The summed E-state index contributed by atoms with van der Waals surface area (Å²) in [5.41, 5.74) is 6.29. The van der Waals surface area contributed by atoms with Gasteiger partial charge in [0.15, 0.2) is 5.82 Å². The van der Waals surface area contributed by atoms with E-state index in [0.717, 1.165) is 0 Å². The van der Waals surface area contributed by atoms with Crippen LogP contribution in [0.3, 0.4) is 0 Å². The summed E-state index contributed by atoms with van der Waals surface area (Å²) in [6.07, 6.45) is 0.182. The van der Waals surface area contributed by atoms with Gasteiger partial charge in [-0.2, -0.15) is 0 Å². The van der Waals surface area contributed by atoms with E-state index in [1.807, 2.05) is 0 Å². The van der Waals surface area contributed by atoms with Gasteiger partial charge in [-0.1, -0.05) is 12.2 Å². The molecule has 104 valence electrons. The summed E-state index contributed by atoms with van der Waals surface area (Å²) in [7, 11) is 3.00. The van der Waals surface area contributed by atoms with Crippen LogP contribution in [0.4, 0.5) is 10.1 Å². The van der Waals surface area contributed by atoms with Gasteiger partial charge in [-0.15, -0.1) is 0 Å². The monoisotopic (exact) mass is 348 g/mol. The van der Waals surface area contributed by atoms with Crippen molar-refractivity contribution >= 4 is 44.8 Å². The molecule has 0 aromatic heterocycles. The predicted molar refractivity (Wildman–Crippen MR) is 79.9 cm³/mol. The Morgan fingerprint density at radius 1 is 1.58 bits per heavy atom. The number of halogens is 2. The van der Waals surface area contributed by atoms with Gasteiger partial charge in [0.1, 0.15) is 4.99 Å². The fraction of sp³-hybridized carbons (Fsp3) is 0.333. The Morgan fingerprint density at radius 3 is 2.74 bits per heavy atom. The summed E-state index contributed by atoms with van der Waals surface area (Å²) in [4.78, 5) is 12.8. The van der Waals surface area contributed by atoms with Crippen molar-refractivity contribution in [3.63, 3.8) is 0 Å². The molecule has 0 saturated carbocycles. The highest BCUT2D eigenvalue weighted by atomic mass is 79.9. The van der Waals surface area contributed by atoms with Crippen molar-refractivity contribution in [2.24, 2.45) is 5.73 Å². The molecule has 0 aliphatic heterocycles. The Hall–Kier alpha value is -1.21. The highest BCUT2D eigenvalue weighted by Gasteiger charge is 2.16.